The molecule has 0 bridgehead atoms. The van der Waals surface area contributed by atoms with E-state index in [-0.39, 0.29) is 17.4 Å². The SMILES string of the molecule is CCCC1(C(=O)NCCC(=O)NC(C)(C)C)CCCN1. The minimum absolute atomic E-state index is 0.0262. The summed E-state index contributed by atoms with van der Waals surface area (Å²) in [6, 6.07) is 0. The highest BCUT2D eigenvalue weighted by molar-refractivity contribution is 5.87. The van der Waals surface area contributed by atoms with Gasteiger partial charge in [0.05, 0.1) is 5.54 Å². The summed E-state index contributed by atoms with van der Waals surface area (Å²) in [5.41, 5.74) is -0.632. The lowest BCUT2D eigenvalue weighted by Gasteiger charge is -2.28. The van der Waals surface area contributed by atoms with Gasteiger partial charge in [0.25, 0.3) is 0 Å². The van der Waals surface area contributed by atoms with Gasteiger partial charge in [-0.15, -0.1) is 0 Å². The molecule has 1 aliphatic heterocycles. The molecule has 5 nitrogen and oxygen atoms in total. The largest absolute Gasteiger partial charge is 0.354 e. The summed E-state index contributed by atoms with van der Waals surface area (Å²) in [6.07, 6.45) is 4.09. The summed E-state index contributed by atoms with van der Waals surface area (Å²) >= 11 is 0. The van der Waals surface area contributed by atoms with E-state index in [1.165, 1.54) is 0 Å². The smallest absolute Gasteiger partial charge is 0.240 e. The standard InChI is InChI=1S/C15H29N3O2/c1-5-8-15(9-6-10-17-15)13(20)16-11-7-12(19)18-14(2,3)4/h17H,5-11H2,1-4H3,(H,16,20)(H,18,19). The van der Waals surface area contributed by atoms with E-state index < -0.39 is 5.54 Å². The molecule has 1 heterocycles. The predicted octanol–water partition coefficient (Wildman–Crippen LogP) is 1.33. The van der Waals surface area contributed by atoms with Gasteiger partial charge in [-0.05, 0) is 46.6 Å². The lowest BCUT2D eigenvalue weighted by molar-refractivity contribution is -0.127. The van der Waals surface area contributed by atoms with E-state index in [1.54, 1.807) is 0 Å². The maximum atomic E-state index is 12.3. The van der Waals surface area contributed by atoms with Crippen LogP contribution in [0.15, 0.2) is 0 Å². The maximum absolute atomic E-state index is 12.3. The van der Waals surface area contributed by atoms with Crippen molar-refractivity contribution in [2.75, 3.05) is 13.1 Å². The molecule has 5 heteroatoms. The normalized spacial score (nSPS) is 22.6. The zero-order valence-electron chi connectivity index (χ0n) is 13.3. The minimum atomic E-state index is -0.407. The quantitative estimate of drug-likeness (QED) is 0.689. The first kappa shape index (κ1) is 17.0. The van der Waals surface area contributed by atoms with E-state index >= 15 is 0 Å². The molecule has 0 aliphatic carbocycles. The number of amides is 2. The highest BCUT2D eigenvalue weighted by Gasteiger charge is 2.39. The molecule has 0 saturated carbocycles. The average Bonchev–Trinajstić information content (AvgIpc) is 2.76. The van der Waals surface area contributed by atoms with Crippen LogP contribution in [0.3, 0.4) is 0 Å². The summed E-state index contributed by atoms with van der Waals surface area (Å²) in [6.45, 7) is 9.23. The molecule has 0 aromatic heterocycles. The van der Waals surface area contributed by atoms with Crippen molar-refractivity contribution in [3.8, 4) is 0 Å². The Morgan fingerprint density at radius 3 is 2.50 bits per heavy atom. The van der Waals surface area contributed by atoms with Crippen LogP contribution in [0.4, 0.5) is 0 Å². The number of hydrogen-bond donors (Lipinski definition) is 3. The van der Waals surface area contributed by atoms with Crippen molar-refractivity contribution in [3.63, 3.8) is 0 Å². The zero-order chi connectivity index (χ0) is 15.2. The fourth-order valence-corrected chi connectivity index (χ4v) is 2.69. The third-order valence-corrected chi connectivity index (χ3v) is 3.51. The predicted molar refractivity (Wildman–Crippen MR) is 80.4 cm³/mol. The van der Waals surface area contributed by atoms with Crippen LogP contribution in [0.5, 0.6) is 0 Å². The second-order valence-electron chi connectivity index (χ2n) is 6.67. The summed E-state index contributed by atoms with van der Waals surface area (Å²) in [5, 5.41) is 9.13. The number of carbonyl (C=O) groups is 2. The van der Waals surface area contributed by atoms with Gasteiger partial charge in [-0.25, -0.2) is 0 Å². The Morgan fingerprint density at radius 2 is 2.00 bits per heavy atom. The first-order valence-corrected chi connectivity index (χ1v) is 7.63. The van der Waals surface area contributed by atoms with Crippen molar-refractivity contribution in [3.05, 3.63) is 0 Å². The van der Waals surface area contributed by atoms with Crippen LogP contribution in [-0.4, -0.2) is 36.0 Å². The van der Waals surface area contributed by atoms with Gasteiger partial charge in [-0.2, -0.15) is 0 Å². The summed E-state index contributed by atoms with van der Waals surface area (Å²) in [4.78, 5) is 24.0. The van der Waals surface area contributed by atoms with Crippen molar-refractivity contribution >= 4 is 11.8 Å². The monoisotopic (exact) mass is 283 g/mol. The molecular weight excluding hydrogens is 254 g/mol. The molecule has 3 N–H and O–H groups in total. The van der Waals surface area contributed by atoms with Crippen LogP contribution in [0.1, 0.15) is 59.8 Å². The molecule has 1 atom stereocenters. The highest BCUT2D eigenvalue weighted by atomic mass is 16.2. The van der Waals surface area contributed by atoms with Gasteiger partial charge in [0.15, 0.2) is 0 Å². The maximum Gasteiger partial charge on any atom is 0.240 e. The molecule has 1 rings (SSSR count). The van der Waals surface area contributed by atoms with Crippen molar-refractivity contribution in [1.82, 2.24) is 16.0 Å². The van der Waals surface area contributed by atoms with Gasteiger partial charge in [-0.1, -0.05) is 13.3 Å². The summed E-state index contributed by atoms with van der Waals surface area (Å²) < 4.78 is 0. The van der Waals surface area contributed by atoms with Gasteiger partial charge in [0.1, 0.15) is 0 Å². The van der Waals surface area contributed by atoms with Crippen LogP contribution >= 0.6 is 0 Å². The summed E-state index contributed by atoms with van der Waals surface area (Å²) in [7, 11) is 0. The first-order chi connectivity index (χ1) is 9.29. The van der Waals surface area contributed by atoms with Crippen LogP contribution < -0.4 is 16.0 Å². The second-order valence-corrected chi connectivity index (χ2v) is 6.67. The topological polar surface area (TPSA) is 70.2 Å². The number of carbonyl (C=O) groups excluding carboxylic acids is 2. The second kappa shape index (κ2) is 7.07. The van der Waals surface area contributed by atoms with Crippen molar-refractivity contribution < 1.29 is 9.59 Å². The molecule has 0 radical (unpaired) electrons. The molecule has 0 aromatic rings. The molecule has 2 amide bonds. The van der Waals surface area contributed by atoms with E-state index in [4.69, 9.17) is 0 Å². The molecule has 1 unspecified atom stereocenters. The first-order valence-electron chi connectivity index (χ1n) is 7.63. The van der Waals surface area contributed by atoms with Crippen LogP contribution in [0.25, 0.3) is 0 Å². The van der Waals surface area contributed by atoms with E-state index in [0.717, 1.165) is 32.2 Å². The van der Waals surface area contributed by atoms with Gasteiger partial charge in [-0.3, -0.25) is 9.59 Å². The zero-order valence-corrected chi connectivity index (χ0v) is 13.3. The minimum Gasteiger partial charge on any atom is -0.354 e. The Bertz CT molecular complexity index is 342. The fraction of sp³-hybridized carbons (Fsp3) is 0.867. The van der Waals surface area contributed by atoms with Gasteiger partial charge < -0.3 is 16.0 Å². The Labute approximate surface area is 122 Å². The van der Waals surface area contributed by atoms with Gasteiger partial charge >= 0.3 is 0 Å². The van der Waals surface area contributed by atoms with E-state index in [2.05, 4.69) is 22.9 Å². The summed E-state index contributed by atoms with van der Waals surface area (Å²) in [5.74, 6) is 0.0159. The fourth-order valence-electron chi connectivity index (χ4n) is 2.69. The Hall–Kier alpha value is -1.10. The molecule has 0 spiro atoms. The lowest BCUT2D eigenvalue weighted by Crippen LogP contribution is -2.54. The van der Waals surface area contributed by atoms with Crippen molar-refractivity contribution in [2.45, 2.75) is 70.9 Å². The Morgan fingerprint density at radius 1 is 1.30 bits per heavy atom. The molecule has 116 valence electrons. The van der Waals surface area contributed by atoms with Crippen LogP contribution in [0.2, 0.25) is 0 Å². The Balaban J connectivity index is 2.37. The van der Waals surface area contributed by atoms with Crippen LogP contribution in [0, 0.1) is 0 Å². The van der Waals surface area contributed by atoms with Crippen LogP contribution in [-0.2, 0) is 9.59 Å². The van der Waals surface area contributed by atoms with E-state index in [9.17, 15) is 9.59 Å². The highest BCUT2D eigenvalue weighted by Crippen LogP contribution is 2.24. The molecule has 1 aliphatic rings. The third-order valence-electron chi connectivity index (χ3n) is 3.51. The molecular formula is C15H29N3O2. The average molecular weight is 283 g/mol. The van der Waals surface area contributed by atoms with Gasteiger partial charge in [0.2, 0.25) is 11.8 Å². The molecule has 0 aromatic carbocycles. The van der Waals surface area contributed by atoms with Crippen molar-refractivity contribution in [2.24, 2.45) is 0 Å². The third kappa shape index (κ3) is 5.12. The molecule has 20 heavy (non-hydrogen) atoms. The number of nitrogens with one attached hydrogen (secondary N) is 3. The lowest BCUT2D eigenvalue weighted by atomic mass is 9.91. The number of rotatable bonds is 6. The Kier molecular flexibility index (Phi) is 5.99. The van der Waals surface area contributed by atoms with Gasteiger partial charge in [0, 0.05) is 18.5 Å². The molecule has 1 saturated heterocycles. The van der Waals surface area contributed by atoms with E-state index in [1.807, 2.05) is 20.8 Å². The van der Waals surface area contributed by atoms with E-state index in [0.29, 0.717) is 13.0 Å². The molecule has 1 fully saturated rings. The van der Waals surface area contributed by atoms with Crippen molar-refractivity contribution in [1.29, 1.82) is 0 Å². The number of hydrogen-bond acceptors (Lipinski definition) is 3.